The van der Waals surface area contributed by atoms with Gasteiger partial charge in [0.15, 0.2) is 12.4 Å². The number of ether oxygens (including phenoxy) is 3. The molecule has 0 unspecified atom stereocenters. The summed E-state index contributed by atoms with van der Waals surface area (Å²) in [6.07, 6.45) is 4.21. The molecule has 3 aromatic heterocycles. The number of carbonyl (C=O) groups is 2. The number of nitrogens with one attached hydrogen (secondary N) is 3. The largest absolute Gasteiger partial charge is 0.466 e. The Morgan fingerprint density at radius 1 is 1.09 bits per heavy atom. The number of pyridine rings is 1. The number of para-hydroxylation sites is 1. The predicted octanol–water partition coefficient (Wildman–Crippen LogP) is 2.66. The van der Waals surface area contributed by atoms with Gasteiger partial charge in [0.2, 0.25) is 17.7 Å². The van der Waals surface area contributed by atoms with Crippen molar-refractivity contribution in [1.82, 2.24) is 29.7 Å². The monoisotopic (exact) mass is 592 g/mol. The van der Waals surface area contributed by atoms with E-state index in [1.807, 2.05) is 6.07 Å². The number of anilines is 3. The van der Waals surface area contributed by atoms with Crippen molar-refractivity contribution < 1.29 is 28.2 Å². The Bertz CT molecular complexity index is 1570. The number of fused-ring (bicyclic) bond motifs is 1. The minimum atomic E-state index is -0.610. The normalized spacial score (nSPS) is 14.8. The van der Waals surface area contributed by atoms with Crippen molar-refractivity contribution in [3.05, 3.63) is 54.7 Å². The van der Waals surface area contributed by atoms with E-state index in [1.165, 1.54) is 13.3 Å². The lowest BCUT2D eigenvalue weighted by Crippen LogP contribution is -2.54. The zero-order valence-corrected chi connectivity index (χ0v) is 24.1. The van der Waals surface area contributed by atoms with E-state index in [0.717, 1.165) is 32.4 Å². The Kier molecular flexibility index (Phi) is 9.39. The van der Waals surface area contributed by atoms with Crippen molar-refractivity contribution in [3.63, 3.8) is 0 Å². The number of halogens is 1. The van der Waals surface area contributed by atoms with E-state index in [2.05, 4.69) is 52.2 Å². The molecule has 1 atom stereocenters. The summed E-state index contributed by atoms with van der Waals surface area (Å²) in [4.78, 5) is 44.8. The molecule has 1 aliphatic rings. The third-order valence-electron chi connectivity index (χ3n) is 7.14. The van der Waals surface area contributed by atoms with Gasteiger partial charge in [0, 0.05) is 56.5 Å². The van der Waals surface area contributed by atoms with Crippen LogP contribution in [0.2, 0.25) is 0 Å². The van der Waals surface area contributed by atoms with Gasteiger partial charge in [-0.15, -0.1) is 0 Å². The van der Waals surface area contributed by atoms with Crippen molar-refractivity contribution in [1.29, 1.82) is 0 Å². The summed E-state index contributed by atoms with van der Waals surface area (Å²) in [5.74, 6) is -0.930. The van der Waals surface area contributed by atoms with Gasteiger partial charge in [0.25, 0.3) is 0 Å². The van der Waals surface area contributed by atoms with Crippen LogP contribution < -0.4 is 15.4 Å². The van der Waals surface area contributed by atoms with Crippen LogP contribution in [0.25, 0.3) is 22.2 Å². The van der Waals surface area contributed by atoms with Crippen LogP contribution in [0, 0.1) is 5.82 Å². The van der Waals surface area contributed by atoms with Crippen molar-refractivity contribution in [3.8, 4) is 17.1 Å². The summed E-state index contributed by atoms with van der Waals surface area (Å²) in [5.41, 5.74) is 2.31. The Morgan fingerprint density at radius 3 is 2.63 bits per heavy atom. The minimum absolute atomic E-state index is 0.0768. The first-order valence-electron chi connectivity index (χ1n) is 13.6. The van der Waals surface area contributed by atoms with Gasteiger partial charge in [-0.2, -0.15) is 0 Å². The molecule has 43 heavy (non-hydrogen) atoms. The second-order valence-electron chi connectivity index (χ2n) is 10.00. The van der Waals surface area contributed by atoms with Gasteiger partial charge in [-0.05, 0) is 19.2 Å². The number of hydrogen-bond donors (Lipinski definition) is 3. The number of hydrogen-bond acceptors (Lipinski definition) is 11. The maximum Gasteiger partial charge on any atom is 0.343 e. The molecule has 0 saturated carbocycles. The SMILES string of the molecule is COC[C@H](C(=O)Nc1cccc2c(-c3nc(Nc4ccc(OCC(=O)OC)nc4)ncc3F)c[nH]c12)N1CCN(C)CC1. The molecule has 4 heterocycles. The number of likely N-dealkylation sites (N-methyl/N-ethyl adjacent to an activating group) is 1. The molecule has 0 bridgehead atoms. The number of H-pyrrole nitrogens is 1. The number of nitrogens with zero attached hydrogens (tertiary/aromatic N) is 5. The number of rotatable bonds is 11. The summed E-state index contributed by atoms with van der Waals surface area (Å²) in [6, 6.07) is 8.19. The number of esters is 1. The molecule has 13 nitrogen and oxygen atoms in total. The van der Waals surface area contributed by atoms with Gasteiger partial charge >= 0.3 is 5.97 Å². The fourth-order valence-corrected chi connectivity index (χ4v) is 4.79. The molecule has 14 heteroatoms. The predicted molar refractivity (Wildman–Crippen MR) is 158 cm³/mol. The van der Waals surface area contributed by atoms with Gasteiger partial charge in [0.05, 0.1) is 43.0 Å². The van der Waals surface area contributed by atoms with Crippen LogP contribution in [0.4, 0.5) is 21.7 Å². The van der Waals surface area contributed by atoms with Gasteiger partial charge < -0.3 is 34.7 Å². The molecule has 0 spiro atoms. The highest BCUT2D eigenvalue weighted by molar-refractivity contribution is 6.06. The summed E-state index contributed by atoms with van der Waals surface area (Å²) in [5, 5.41) is 6.71. The summed E-state index contributed by atoms with van der Waals surface area (Å²) in [6.45, 7) is 3.28. The topological polar surface area (TPSA) is 147 Å². The molecule has 226 valence electrons. The van der Waals surface area contributed by atoms with E-state index in [1.54, 1.807) is 37.6 Å². The highest BCUT2D eigenvalue weighted by Gasteiger charge is 2.29. The fraction of sp³-hybridized carbons (Fsp3) is 0.345. The number of carbonyl (C=O) groups excluding carboxylic acids is 2. The number of aromatic nitrogens is 4. The molecule has 1 amide bonds. The van der Waals surface area contributed by atoms with Gasteiger partial charge in [-0.25, -0.2) is 24.1 Å². The van der Waals surface area contributed by atoms with Crippen LogP contribution in [0.3, 0.4) is 0 Å². The number of benzene rings is 1. The fourth-order valence-electron chi connectivity index (χ4n) is 4.79. The van der Waals surface area contributed by atoms with E-state index < -0.39 is 17.8 Å². The molecule has 5 rings (SSSR count). The third kappa shape index (κ3) is 7.05. The average Bonchev–Trinajstić information content (AvgIpc) is 3.46. The van der Waals surface area contributed by atoms with Crippen molar-refractivity contribution >= 4 is 40.1 Å². The summed E-state index contributed by atoms with van der Waals surface area (Å²) in [7, 11) is 4.92. The smallest absolute Gasteiger partial charge is 0.343 e. The Labute approximate surface area is 247 Å². The van der Waals surface area contributed by atoms with Crippen LogP contribution in [-0.2, 0) is 19.1 Å². The lowest BCUT2D eigenvalue weighted by Gasteiger charge is -2.36. The molecule has 3 N–H and O–H groups in total. The van der Waals surface area contributed by atoms with E-state index >= 15 is 4.39 Å². The third-order valence-corrected chi connectivity index (χ3v) is 7.14. The zero-order chi connectivity index (χ0) is 30.3. The summed E-state index contributed by atoms with van der Waals surface area (Å²) >= 11 is 0. The average molecular weight is 593 g/mol. The van der Waals surface area contributed by atoms with Crippen molar-refractivity contribution in [2.75, 3.05) is 71.3 Å². The first-order chi connectivity index (χ1) is 20.9. The zero-order valence-electron chi connectivity index (χ0n) is 24.1. The van der Waals surface area contributed by atoms with E-state index in [0.29, 0.717) is 27.8 Å². The van der Waals surface area contributed by atoms with Crippen LogP contribution in [0.5, 0.6) is 5.88 Å². The second kappa shape index (κ2) is 13.5. The minimum Gasteiger partial charge on any atom is -0.466 e. The van der Waals surface area contributed by atoms with Gasteiger partial charge in [-0.3, -0.25) is 9.69 Å². The Morgan fingerprint density at radius 2 is 1.91 bits per heavy atom. The molecule has 1 aliphatic heterocycles. The van der Waals surface area contributed by atoms with Crippen molar-refractivity contribution in [2.24, 2.45) is 0 Å². The lowest BCUT2D eigenvalue weighted by atomic mass is 10.1. The molecule has 4 aromatic rings. The Balaban J connectivity index is 1.34. The standard InChI is InChI=1S/C29H33FN8O5/c1-37-9-11-38(12-10-37)23(16-41-2)28(40)35-22-6-4-5-19-20(14-32-27(19)22)26-21(30)15-33-29(36-26)34-18-7-8-24(31-13-18)43-17-25(39)42-3/h4-8,13-15,23,32H,9-12,16-17H2,1-3H3,(H,35,40)(H,33,34,36)/t23-/m1/s1. The molecule has 0 aliphatic carbocycles. The van der Waals surface area contributed by atoms with Crippen LogP contribution >= 0.6 is 0 Å². The molecular formula is C29H33FN8O5. The molecule has 0 radical (unpaired) electrons. The van der Waals surface area contributed by atoms with Crippen molar-refractivity contribution in [2.45, 2.75) is 6.04 Å². The lowest BCUT2D eigenvalue weighted by molar-refractivity contribution is -0.143. The maximum atomic E-state index is 15.0. The van der Waals surface area contributed by atoms with Gasteiger partial charge in [-0.1, -0.05) is 12.1 Å². The Hall–Kier alpha value is -4.66. The highest BCUT2D eigenvalue weighted by atomic mass is 19.1. The van der Waals surface area contributed by atoms with E-state index in [4.69, 9.17) is 9.47 Å². The number of amides is 1. The molecule has 1 saturated heterocycles. The first-order valence-corrected chi connectivity index (χ1v) is 13.6. The van der Waals surface area contributed by atoms with E-state index in [-0.39, 0.29) is 36.6 Å². The molecule has 1 aromatic carbocycles. The highest BCUT2D eigenvalue weighted by Crippen LogP contribution is 2.33. The molecular weight excluding hydrogens is 559 g/mol. The number of piperazine rings is 1. The van der Waals surface area contributed by atoms with Crippen LogP contribution in [0.1, 0.15) is 0 Å². The quantitative estimate of drug-likeness (QED) is 0.221. The summed E-state index contributed by atoms with van der Waals surface area (Å²) < 4.78 is 30.2. The van der Waals surface area contributed by atoms with Crippen LogP contribution in [0.15, 0.2) is 48.9 Å². The number of aromatic amines is 1. The first kappa shape index (κ1) is 29.8. The second-order valence-corrected chi connectivity index (χ2v) is 10.00. The number of methoxy groups -OCH3 is 2. The maximum absolute atomic E-state index is 15.0. The molecule has 1 fully saturated rings. The van der Waals surface area contributed by atoms with Gasteiger partial charge in [0.1, 0.15) is 11.7 Å². The van der Waals surface area contributed by atoms with E-state index in [9.17, 15) is 9.59 Å². The van der Waals surface area contributed by atoms with Crippen LogP contribution in [-0.4, -0.2) is 108 Å².